The minimum atomic E-state index is -1.84. The Labute approximate surface area is 110 Å². The molecular formula is C13H21NOSSi. The largest absolute Gasteiger partial charge is 0.543 e. The summed E-state index contributed by atoms with van der Waals surface area (Å²) >= 11 is 5.05. The quantitative estimate of drug-likeness (QED) is 0.670. The second-order valence-electron chi connectivity index (χ2n) is 5.72. The number of benzene rings is 1. The predicted octanol–water partition coefficient (Wildman–Crippen LogP) is 3.70. The first-order valence-corrected chi connectivity index (χ1v) is 9.04. The van der Waals surface area contributed by atoms with Gasteiger partial charge in [0.2, 0.25) is 0 Å². The summed E-state index contributed by atoms with van der Waals surface area (Å²) in [5.41, 5.74) is 6.54. The van der Waals surface area contributed by atoms with E-state index in [9.17, 15) is 0 Å². The molecule has 17 heavy (non-hydrogen) atoms. The molecule has 0 aromatic heterocycles. The highest BCUT2D eigenvalue weighted by Gasteiger charge is 2.39. The Kier molecular flexibility index (Phi) is 3.99. The minimum Gasteiger partial charge on any atom is -0.543 e. The zero-order valence-corrected chi connectivity index (χ0v) is 13.0. The van der Waals surface area contributed by atoms with Crippen molar-refractivity contribution in [3.05, 3.63) is 29.8 Å². The molecule has 0 aliphatic heterocycles. The molecule has 1 rings (SSSR count). The zero-order chi connectivity index (χ0) is 13.3. The average molecular weight is 267 g/mol. The normalized spacial score (nSPS) is 12.3. The number of rotatable bonds is 3. The van der Waals surface area contributed by atoms with Crippen LogP contribution in [0.4, 0.5) is 0 Å². The molecule has 0 bridgehead atoms. The summed E-state index contributed by atoms with van der Waals surface area (Å²) in [4.78, 5) is 0.388. The van der Waals surface area contributed by atoms with Gasteiger partial charge in [0.15, 0.2) is 0 Å². The van der Waals surface area contributed by atoms with Crippen LogP contribution < -0.4 is 10.2 Å². The Hall–Kier alpha value is -0.873. The second kappa shape index (κ2) is 4.78. The maximum Gasteiger partial charge on any atom is 0.250 e. The second-order valence-corrected chi connectivity index (χ2v) is 10.9. The molecule has 1 aromatic carbocycles. The summed E-state index contributed by atoms with van der Waals surface area (Å²) in [6, 6.07) is 7.72. The van der Waals surface area contributed by atoms with E-state index in [2.05, 4.69) is 33.9 Å². The van der Waals surface area contributed by atoms with Crippen LogP contribution in [0.2, 0.25) is 18.1 Å². The molecule has 0 saturated heterocycles. The zero-order valence-electron chi connectivity index (χ0n) is 11.2. The lowest BCUT2D eigenvalue weighted by atomic mass is 10.2. The van der Waals surface area contributed by atoms with E-state index < -0.39 is 8.32 Å². The smallest absolute Gasteiger partial charge is 0.250 e. The van der Waals surface area contributed by atoms with Gasteiger partial charge in [0.1, 0.15) is 10.7 Å². The van der Waals surface area contributed by atoms with Gasteiger partial charge >= 0.3 is 0 Å². The molecule has 0 unspecified atom stereocenters. The van der Waals surface area contributed by atoms with Crippen LogP contribution in [0.25, 0.3) is 0 Å². The van der Waals surface area contributed by atoms with Crippen molar-refractivity contribution >= 4 is 25.5 Å². The van der Waals surface area contributed by atoms with Crippen molar-refractivity contribution in [3.8, 4) is 5.75 Å². The summed E-state index contributed by atoms with van der Waals surface area (Å²) in [5.74, 6) is 0.812. The van der Waals surface area contributed by atoms with E-state index in [1.165, 1.54) is 0 Å². The van der Waals surface area contributed by atoms with Crippen molar-refractivity contribution in [1.29, 1.82) is 0 Å². The fourth-order valence-corrected chi connectivity index (χ4v) is 2.39. The van der Waals surface area contributed by atoms with Crippen molar-refractivity contribution in [2.24, 2.45) is 5.73 Å². The van der Waals surface area contributed by atoms with Crippen molar-refractivity contribution < 1.29 is 4.43 Å². The van der Waals surface area contributed by atoms with Gasteiger partial charge < -0.3 is 10.2 Å². The summed E-state index contributed by atoms with van der Waals surface area (Å²) in [7, 11) is -1.84. The van der Waals surface area contributed by atoms with Gasteiger partial charge in [0.25, 0.3) is 8.32 Å². The highest BCUT2D eigenvalue weighted by atomic mass is 32.1. The summed E-state index contributed by atoms with van der Waals surface area (Å²) in [6.07, 6.45) is 0. The molecule has 1 aromatic rings. The van der Waals surface area contributed by atoms with Crippen molar-refractivity contribution in [2.45, 2.75) is 38.9 Å². The Morgan fingerprint density at radius 2 is 1.76 bits per heavy atom. The number of thiocarbonyl (C=S) groups is 1. The topological polar surface area (TPSA) is 35.2 Å². The SMILES string of the molecule is CC(C)(C)[Si](C)(C)Oc1ccccc1C(N)=S. The molecule has 0 heterocycles. The third-order valence-electron chi connectivity index (χ3n) is 3.32. The lowest BCUT2D eigenvalue weighted by molar-refractivity contribution is 0.491. The van der Waals surface area contributed by atoms with Gasteiger partial charge in [-0.25, -0.2) is 0 Å². The molecule has 2 nitrogen and oxygen atoms in total. The average Bonchev–Trinajstić information content (AvgIpc) is 2.15. The van der Waals surface area contributed by atoms with Gasteiger partial charge in [-0.1, -0.05) is 45.1 Å². The monoisotopic (exact) mass is 267 g/mol. The number of hydrogen-bond acceptors (Lipinski definition) is 2. The van der Waals surface area contributed by atoms with Crippen molar-refractivity contribution in [2.75, 3.05) is 0 Å². The summed E-state index contributed by atoms with van der Waals surface area (Å²) in [5, 5.41) is 0.163. The van der Waals surface area contributed by atoms with Crippen LogP contribution in [0.1, 0.15) is 26.3 Å². The predicted molar refractivity (Wildman–Crippen MR) is 80.2 cm³/mol. The first kappa shape index (κ1) is 14.2. The van der Waals surface area contributed by atoms with Gasteiger partial charge in [-0.3, -0.25) is 0 Å². The van der Waals surface area contributed by atoms with Crippen LogP contribution in [0.3, 0.4) is 0 Å². The summed E-state index contributed by atoms with van der Waals surface area (Å²) < 4.78 is 6.23. The highest BCUT2D eigenvalue weighted by Crippen LogP contribution is 2.38. The van der Waals surface area contributed by atoms with Crippen LogP contribution in [0.15, 0.2) is 24.3 Å². The molecule has 0 spiro atoms. The summed E-state index contributed by atoms with van der Waals surface area (Å²) in [6.45, 7) is 11.1. The van der Waals surface area contributed by atoms with Crippen LogP contribution in [-0.4, -0.2) is 13.3 Å². The Morgan fingerprint density at radius 3 is 2.24 bits per heavy atom. The van der Waals surface area contributed by atoms with Crippen molar-refractivity contribution in [3.63, 3.8) is 0 Å². The van der Waals surface area contributed by atoms with E-state index in [1.54, 1.807) is 0 Å². The molecule has 0 amide bonds. The molecule has 0 aliphatic carbocycles. The van der Waals surface area contributed by atoms with Crippen LogP contribution >= 0.6 is 12.2 Å². The molecule has 4 heteroatoms. The minimum absolute atomic E-state index is 0.163. The number of hydrogen-bond donors (Lipinski definition) is 1. The third-order valence-corrected chi connectivity index (χ3v) is 7.89. The third kappa shape index (κ3) is 3.29. The van der Waals surface area contributed by atoms with Gasteiger partial charge in [-0.15, -0.1) is 0 Å². The first-order chi connectivity index (χ1) is 7.65. The Bertz CT molecular complexity index is 424. The molecular weight excluding hydrogens is 246 g/mol. The fourth-order valence-electron chi connectivity index (χ4n) is 1.19. The number of para-hydroxylation sites is 1. The van der Waals surface area contributed by atoms with E-state index in [0.717, 1.165) is 11.3 Å². The number of nitrogens with two attached hydrogens (primary N) is 1. The van der Waals surface area contributed by atoms with Gasteiger partial charge in [-0.2, -0.15) is 0 Å². The van der Waals surface area contributed by atoms with E-state index in [-0.39, 0.29) is 5.04 Å². The Morgan fingerprint density at radius 1 is 1.24 bits per heavy atom. The standard InChI is InChI=1S/C13H21NOSSi/c1-13(2,3)17(4,5)15-11-9-7-6-8-10(11)12(14)16/h6-9H,1-5H3,(H2,14,16). The van der Waals surface area contributed by atoms with Gasteiger partial charge in [0, 0.05) is 5.56 Å². The molecule has 0 radical (unpaired) electrons. The Balaban J connectivity index is 3.08. The molecule has 94 valence electrons. The van der Waals surface area contributed by atoms with Crippen molar-refractivity contribution in [1.82, 2.24) is 0 Å². The maximum absolute atomic E-state index is 6.23. The molecule has 0 aliphatic rings. The molecule has 0 atom stereocenters. The highest BCUT2D eigenvalue weighted by molar-refractivity contribution is 7.80. The van der Waals surface area contributed by atoms with E-state index >= 15 is 0 Å². The van der Waals surface area contributed by atoms with E-state index in [1.807, 2.05) is 24.3 Å². The van der Waals surface area contributed by atoms with Gasteiger partial charge in [0.05, 0.1) is 0 Å². The van der Waals surface area contributed by atoms with Crippen LogP contribution in [-0.2, 0) is 0 Å². The fraction of sp³-hybridized carbons (Fsp3) is 0.462. The van der Waals surface area contributed by atoms with E-state index in [0.29, 0.717) is 4.99 Å². The maximum atomic E-state index is 6.23. The first-order valence-electron chi connectivity index (χ1n) is 5.73. The lowest BCUT2D eigenvalue weighted by Gasteiger charge is -2.37. The molecule has 0 saturated carbocycles. The van der Waals surface area contributed by atoms with E-state index in [4.69, 9.17) is 22.4 Å². The lowest BCUT2D eigenvalue weighted by Crippen LogP contribution is -2.44. The molecule has 2 N–H and O–H groups in total. The van der Waals surface area contributed by atoms with Crippen LogP contribution in [0.5, 0.6) is 5.75 Å². The molecule has 0 fully saturated rings. The van der Waals surface area contributed by atoms with Crippen LogP contribution in [0, 0.1) is 0 Å². The van der Waals surface area contributed by atoms with Gasteiger partial charge in [-0.05, 0) is 30.3 Å².